The molecule has 3 rings (SSSR count). The number of hydrogen-bond donors (Lipinski definition) is 2. The first kappa shape index (κ1) is 17.4. The third-order valence-electron chi connectivity index (χ3n) is 4.20. The van der Waals surface area contributed by atoms with Gasteiger partial charge in [0.05, 0.1) is 11.7 Å². The van der Waals surface area contributed by atoms with Gasteiger partial charge in [0.2, 0.25) is 0 Å². The SMILES string of the molecule is CCNC(=NCc1cc(C(C)C)no1)NC1CCCn2nc(C)nc21. The van der Waals surface area contributed by atoms with E-state index in [9.17, 15) is 0 Å². The van der Waals surface area contributed by atoms with E-state index in [2.05, 4.69) is 51.6 Å². The average Bonchev–Trinajstić information content (AvgIpc) is 3.19. The quantitative estimate of drug-likeness (QED) is 0.638. The lowest BCUT2D eigenvalue weighted by atomic mass is 10.1. The van der Waals surface area contributed by atoms with E-state index in [1.54, 1.807) is 0 Å². The van der Waals surface area contributed by atoms with E-state index in [4.69, 9.17) is 4.52 Å². The molecule has 3 heterocycles. The molecule has 0 saturated carbocycles. The molecule has 0 spiro atoms. The van der Waals surface area contributed by atoms with Gasteiger partial charge in [0.25, 0.3) is 0 Å². The molecule has 1 aliphatic rings. The van der Waals surface area contributed by atoms with Gasteiger partial charge in [0.1, 0.15) is 18.2 Å². The Morgan fingerprint density at radius 3 is 3.04 bits per heavy atom. The zero-order valence-corrected chi connectivity index (χ0v) is 15.4. The molecular weight excluding hydrogens is 318 g/mol. The summed E-state index contributed by atoms with van der Waals surface area (Å²) in [6.07, 6.45) is 2.09. The van der Waals surface area contributed by atoms with Crippen molar-refractivity contribution in [3.8, 4) is 0 Å². The third-order valence-corrected chi connectivity index (χ3v) is 4.20. The zero-order chi connectivity index (χ0) is 17.8. The molecule has 0 amide bonds. The number of guanidine groups is 1. The van der Waals surface area contributed by atoms with Crippen LogP contribution in [0.5, 0.6) is 0 Å². The maximum atomic E-state index is 5.36. The van der Waals surface area contributed by atoms with Crippen molar-refractivity contribution in [2.24, 2.45) is 4.99 Å². The van der Waals surface area contributed by atoms with E-state index in [0.29, 0.717) is 12.5 Å². The van der Waals surface area contributed by atoms with E-state index in [-0.39, 0.29) is 6.04 Å². The molecule has 1 unspecified atom stereocenters. The average molecular weight is 345 g/mol. The fraction of sp³-hybridized carbons (Fsp3) is 0.647. The van der Waals surface area contributed by atoms with Gasteiger partial charge in [-0.1, -0.05) is 19.0 Å². The van der Waals surface area contributed by atoms with Crippen molar-refractivity contribution in [1.82, 2.24) is 30.6 Å². The molecule has 136 valence electrons. The normalized spacial score (nSPS) is 17.6. The summed E-state index contributed by atoms with van der Waals surface area (Å²) in [5.41, 5.74) is 0.957. The molecule has 0 radical (unpaired) electrons. The summed E-state index contributed by atoms with van der Waals surface area (Å²) in [5.74, 6) is 3.67. The molecule has 8 nitrogen and oxygen atoms in total. The Morgan fingerprint density at radius 1 is 1.48 bits per heavy atom. The molecule has 0 saturated heterocycles. The van der Waals surface area contributed by atoms with Crippen molar-refractivity contribution in [2.45, 2.75) is 65.6 Å². The Balaban J connectivity index is 1.70. The molecule has 0 fully saturated rings. The molecule has 8 heteroatoms. The smallest absolute Gasteiger partial charge is 0.192 e. The number of nitrogens with zero attached hydrogens (tertiary/aromatic N) is 5. The summed E-state index contributed by atoms with van der Waals surface area (Å²) in [5, 5.41) is 15.3. The third kappa shape index (κ3) is 4.18. The Morgan fingerprint density at radius 2 is 2.32 bits per heavy atom. The molecular formula is C17H27N7O. The second kappa shape index (κ2) is 7.67. The highest BCUT2D eigenvalue weighted by Crippen LogP contribution is 2.23. The Kier molecular flexibility index (Phi) is 5.35. The van der Waals surface area contributed by atoms with Crippen LogP contribution in [-0.2, 0) is 13.1 Å². The van der Waals surface area contributed by atoms with Crippen LogP contribution in [0.25, 0.3) is 0 Å². The van der Waals surface area contributed by atoms with Crippen LogP contribution >= 0.6 is 0 Å². The second-order valence-electron chi connectivity index (χ2n) is 6.65. The number of nitrogens with one attached hydrogen (secondary N) is 2. The van der Waals surface area contributed by atoms with Gasteiger partial charge in [-0.25, -0.2) is 14.7 Å². The van der Waals surface area contributed by atoms with Crippen molar-refractivity contribution < 1.29 is 4.52 Å². The van der Waals surface area contributed by atoms with E-state index in [1.165, 1.54) is 0 Å². The molecule has 2 N–H and O–H groups in total. The van der Waals surface area contributed by atoms with Gasteiger partial charge >= 0.3 is 0 Å². The van der Waals surface area contributed by atoms with Gasteiger partial charge in [0.15, 0.2) is 11.7 Å². The number of aliphatic imine (C=N–C) groups is 1. The molecule has 2 aromatic heterocycles. The molecule has 0 bridgehead atoms. The van der Waals surface area contributed by atoms with Gasteiger partial charge in [-0.3, -0.25) is 0 Å². The molecule has 25 heavy (non-hydrogen) atoms. The summed E-state index contributed by atoms with van der Waals surface area (Å²) in [6, 6.07) is 2.09. The Hall–Kier alpha value is -2.38. The van der Waals surface area contributed by atoms with E-state index in [0.717, 1.165) is 55.0 Å². The van der Waals surface area contributed by atoms with Crippen molar-refractivity contribution in [1.29, 1.82) is 0 Å². The number of fused-ring (bicyclic) bond motifs is 1. The minimum atomic E-state index is 0.119. The summed E-state index contributed by atoms with van der Waals surface area (Å²) in [4.78, 5) is 9.20. The highest BCUT2D eigenvalue weighted by atomic mass is 16.5. The fourth-order valence-corrected chi connectivity index (χ4v) is 2.92. The number of rotatable bonds is 5. The first-order chi connectivity index (χ1) is 12.1. The first-order valence-electron chi connectivity index (χ1n) is 8.98. The summed E-state index contributed by atoms with van der Waals surface area (Å²) in [7, 11) is 0. The van der Waals surface area contributed by atoms with E-state index < -0.39 is 0 Å². The molecule has 1 atom stereocenters. The zero-order valence-electron chi connectivity index (χ0n) is 15.4. The molecule has 0 aliphatic carbocycles. The van der Waals surface area contributed by atoms with Crippen LogP contribution in [0.1, 0.15) is 68.7 Å². The predicted molar refractivity (Wildman–Crippen MR) is 95.3 cm³/mol. The maximum Gasteiger partial charge on any atom is 0.192 e. The largest absolute Gasteiger partial charge is 0.359 e. The van der Waals surface area contributed by atoms with Gasteiger partial charge in [0, 0.05) is 19.2 Å². The highest BCUT2D eigenvalue weighted by Gasteiger charge is 2.24. The van der Waals surface area contributed by atoms with Gasteiger partial charge < -0.3 is 15.2 Å². The monoisotopic (exact) mass is 345 g/mol. The minimum Gasteiger partial charge on any atom is -0.359 e. The summed E-state index contributed by atoms with van der Waals surface area (Å²) < 4.78 is 7.36. The van der Waals surface area contributed by atoms with Crippen molar-refractivity contribution in [3.05, 3.63) is 29.2 Å². The van der Waals surface area contributed by atoms with Crippen LogP contribution < -0.4 is 10.6 Å². The van der Waals surface area contributed by atoms with Crippen LogP contribution in [0.15, 0.2) is 15.6 Å². The fourth-order valence-electron chi connectivity index (χ4n) is 2.92. The van der Waals surface area contributed by atoms with Gasteiger partial charge in [-0.15, -0.1) is 0 Å². The highest BCUT2D eigenvalue weighted by molar-refractivity contribution is 5.80. The Bertz CT molecular complexity index is 731. The van der Waals surface area contributed by atoms with Crippen LogP contribution in [0.4, 0.5) is 0 Å². The lowest BCUT2D eigenvalue weighted by Gasteiger charge is -2.24. The van der Waals surface area contributed by atoms with Crippen LogP contribution in [0.3, 0.4) is 0 Å². The lowest BCUT2D eigenvalue weighted by molar-refractivity contribution is 0.375. The number of aromatic nitrogens is 4. The molecule has 0 aromatic carbocycles. The Labute approximate surface area is 148 Å². The first-order valence-corrected chi connectivity index (χ1v) is 8.98. The van der Waals surface area contributed by atoms with Gasteiger partial charge in [-0.2, -0.15) is 5.10 Å². The molecule has 1 aliphatic heterocycles. The van der Waals surface area contributed by atoms with Crippen molar-refractivity contribution in [3.63, 3.8) is 0 Å². The lowest BCUT2D eigenvalue weighted by Crippen LogP contribution is -2.41. The van der Waals surface area contributed by atoms with Crippen molar-refractivity contribution in [2.75, 3.05) is 6.54 Å². The summed E-state index contributed by atoms with van der Waals surface area (Å²) in [6.45, 7) is 10.3. The van der Waals surface area contributed by atoms with Gasteiger partial charge in [-0.05, 0) is 32.6 Å². The number of hydrogen-bond acceptors (Lipinski definition) is 5. The van der Waals surface area contributed by atoms with Crippen LogP contribution in [0.2, 0.25) is 0 Å². The van der Waals surface area contributed by atoms with Crippen LogP contribution in [-0.4, -0.2) is 32.4 Å². The minimum absolute atomic E-state index is 0.119. The van der Waals surface area contributed by atoms with E-state index >= 15 is 0 Å². The summed E-state index contributed by atoms with van der Waals surface area (Å²) >= 11 is 0. The number of aryl methyl sites for hydroxylation is 2. The second-order valence-corrected chi connectivity index (χ2v) is 6.65. The van der Waals surface area contributed by atoms with E-state index in [1.807, 2.05) is 17.7 Å². The van der Waals surface area contributed by atoms with Crippen molar-refractivity contribution >= 4 is 5.96 Å². The maximum absolute atomic E-state index is 5.36. The predicted octanol–water partition coefficient (Wildman–Crippen LogP) is 2.29. The standard InChI is InChI=1S/C17H27N7O/c1-5-18-17(19-10-13-9-15(11(2)3)23-25-13)21-14-7-6-8-24-16(14)20-12(4)22-24/h9,11,14H,5-8,10H2,1-4H3,(H2,18,19,21). The topological polar surface area (TPSA) is 93.2 Å². The molecule has 2 aromatic rings. The van der Waals surface area contributed by atoms with Crippen LogP contribution in [0, 0.1) is 6.92 Å².